The summed E-state index contributed by atoms with van der Waals surface area (Å²) in [6, 6.07) is -1.02. The molecule has 0 aromatic rings. The average molecular weight is 242 g/mol. The summed E-state index contributed by atoms with van der Waals surface area (Å²) in [4.78, 5) is 36.2. The summed E-state index contributed by atoms with van der Waals surface area (Å²) >= 11 is 0. The molecule has 17 heavy (non-hydrogen) atoms. The van der Waals surface area contributed by atoms with Crippen molar-refractivity contribution in [2.45, 2.75) is 38.8 Å². The van der Waals surface area contributed by atoms with Crippen LogP contribution in [0.15, 0.2) is 0 Å². The third kappa shape index (κ3) is 2.80. The van der Waals surface area contributed by atoms with Crippen molar-refractivity contribution in [1.29, 1.82) is 0 Å². The van der Waals surface area contributed by atoms with Crippen LogP contribution in [0.25, 0.3) is 0 Å². The van der Waals surface area contributed by atoms with E-state index in [1.54, 1.807) is 4.90 Å². The Morgan fingerprint density at radius 2 is 2.24 bits per heavy atom. The molecule has 1 saturated heterocycles. The van der Waals surface area contributed by atoms with Crippen molar-refractivity contribution in [2.75, 3.05) is 6.54 Å². The summed E-state index contributed by atoms with van der Waals surface area (Å²) in [6.45, 7) is 3.68. The van der Waals surface area contributed by atoms with Gasteiger partial charge in [0.1, 0.15) is 0 Å². The van der Waals surface area contributed by atoms with Gasteiger partial charge in [-0.25, -0.2) is 5.84 Å². The molecule has 0 aromatic carbocycles. The van der Waals surface area contributed by atoms with E-state index in [1.807, 2.05) is 13.8 Å². The van der Waals surface area contributed by atoms with Gasteiger partial charge in [0.15, 0.2) is 0 Å². The van der Waals surface area contributed by atoms with Crippen molar-refractivity contribution in [2.24, 2.45) is 5.84 Å². The third-order valence-corrected chi connectivity index (χ3v) is 2.91. The zero-order valence-corrected chi connectivity index (χ0v) is 10.0. The minimum absolute atomic E-state index is 0.0379. The maximum absolute atomic E-state index is 11.6. The van der Waals surface area contributed by atoms with Crippen molar-refractivity contribution < 1.29 is 14.4 Å². The molecule has 2 unspecified atom stereocenters. The van der Waals surface area contributed by atoms with Crippen molar-refractivity contribution in [3.8, 4) is 0 Å². The van der Waals surface area contributed by atoms with E-state index in [1.165, 1.54) is 0 Å². The molecule has 2 atom stereocenters. The highest BCUT2D eigenvalue weighted by molar-refractivity contribution is 6.01. The molecule has 96 valence electrons. The van der Waals surface area contributed by atoms with Crippen LogP contribution >= 0.6 is 0 Å². The minimum atomic E-state index is -0.556. The number of nitrogens with two attached hydrogens (primary N) is 1. The zero-order valence-electron chi connectivity index (χ0n) is 10.0. The molecular formula is C10H18N4O3. The normalized spacial score (nSPS) is 23.1. The summed E-state index contributed by atoms with van der Waals surface area (Å²) in [7, 11) is 0. The SMILES string of the molecule is CCC(C(=O)NN)N1CC(=O)NC(=O)C1CC. The monoisotopic (exact) mass is 242 g/mol. The zero-order chi connectivity index (χ0) is 13.0. The first-order valence-electron chi connectivity index (χ1n) is 5.65. The first-order valence-corrected chi connectivity index (χ1v) is 5.65. The highest BCUT2D eigenvalue weighted by atomic mass is 16.2. The van der Waals surface area contributed by atoms with Crippen LogP contribution in [0.1, 0.15) is 26.7 Å². The fraction of sp³-hybridized carbons (Fsp3) is 0.700. The van der Waals surface area contributed by atoms with Crippen LogP contribution in [0.5, 0.6) is 0 Å². The lowest BCUT2D eigenvalue weighted by atomic mass is 10.0. The predicted octanol–water partition coefficient (Wildman–Crippen LogP) is -1.51. The molecule has 0 saturated carbocycles. The number of carbonyl (C=O) groups is 3. The van der Waals surface area contributed by atoms with Gasteiger partial charge in [-0.15, -0.1) is 0 Å². The van der Waals surface area contributed by atoms with Gasteiger partial charge in [0.25, 0.3) is 5.91 Å². The van der Waals surface area contributed by atoms with Crippen LogP contribution in [0, 0.1) is 0 Å². The lowest BCUT2D eigenvalue weighted by molar-refractivity contribution is -0.144. The Bertz CT molecular complexity index is 332. The van der Waals surface area contributed by atoms with Gasteiger partial charge in [-0.05, 0) is 12.8 Å². The number of hydrogen-bond donors (Lipinski definition) is 3. The van der Waals surface area contributed by atoms with Crippen LogP contribution in [-0.4, -0.2) is 41.2 Å². The van der Waals surface area contributed by atoms with Gasteiger partial charge in [0.05, 0.1) is 18.6 Å². The number of nitrogens with zero attached hydrogens (tertiary/aromatic N) is 1. The smallest absolute Gasteiger partial charge is 0.251 e. The number of hydrazine groups is 1. The topological polar surface area (TPSA) is 105 Å². The van der Waals surface area contributed by atoms with E-state index in [4.69, 9.17) is 5.84 Å². The highest BCUT2D eigenvalue weighted by Crippen LogP contribution is 2.15. The molecule has 7 nitrogen and oxygen atoms in total. The van der Waals surface area contributed by atoms with Crippen LogP contribution < -0.4 is 16.6 Å². The standard InChI is InChI=1S/C10H18N4O3/c1-3-6-9(16)12-8(15)5-14(6)7(4-2)10(17)13-11/h6-7H,3-5,11H2,1-2H3,(H,13,17)(H,12,15,16). The first-order chi connectivity index (χ1) is 8.04. The Labute approximate surface area is 99.7 Å². The number of amides is 3. The van der Waals surface area contributed by atoms with Gasteiger partial charge in [0, 0.05) is 0 Å². The van der Waals surface area contributed by atoms with Gasteiger partial charge in [-0.3, -0.25) is 30.0 Å². The fourth-order valence-electron chi connectivity index (χ4n) is 2.10. The first kappa shape index (κ1) is 13.6. The van der Waals surface area contributed by atoms with E-state index < -0.39 is 12.1 Å². The molecule has 1 fully saturated rings. The van der Waals surface area contributed by atoms with Crippen LogP contribution in [0.4, 0.5) is 0 Å². The second-order valence-corrected chi connectivity index (χ2v) is 3.94. The van der Waals surface area contributed by atoms with Crippen LogP contribution in [0.2, 0.25) is 0 Å². The second kappa shape index (κ2) is 5.74. The number of rotatable bonds is 4. The number of carbonyl (C=O) groups excluding carboxylic acids is 3. The lowest BCUT2D eigenvalue weighted by Gasteiger charge is -2.37. The maximum atomic E-state index is 11.6. The van der Waals surface area contributed by atoms with E-state index in [2.05, 4.69) is 10.7 Å². The third-order valence-electron chi connectivity index (χ3n) is 2.91. The molecule has 1 heterocycles. The Morgan fingerprint density at radius 1 is 1.59 bits per heavy atom. The Kier molecular flexibility index (Phi) is 4.59. The van der Waals surface area contributed by atoms with Gasteiger partial charge in [-0.1, -0.05) is 13.8 Å². The fourth-order valence-corrected chi connectivity index (χ4v) is 2.10. The van der Waals surface area contributed by atoms with E-state index in [0.717, 1.165) is 0 Å². The molecule has 0 aliphatic carbocycles. The Hall–Kier alpha value is -1.47. The van der Waals surface area contributed by atoms with E-state index >= 15 is 0 Å². The maximum Gasteiger partial charge on any atom is 0.251 e. The molecule has 3 amide bonds. The number of piperazine rings is 1. The van der Waals surface area contributed by atoms with Crippen LogP contribution in [-0.2, 0) is 14.4 Å². The molecule has 0 radical (unpaired) electrons. The molecular weight excluding hydrogens is 224 g/mol. The summed E-state index contributed by atoms with van der Waals surface area (Å²) in [5.41, 5.74) is 2.06. The number of nitrogens with one attached hydrogen (secondary N) is 2. The molecule has 1 aliphatic heterocycles. The largest absolute Gasteiger partial charge is 0.294 e. The number of hydrogen-bond acceptors (Lipinski definition) is 5. The average Bonchev–Trinajstić information content (AvgIpc) is 2.29. The molecule has 7 heteroatoms. The van der Waals surface area contributed by atoms with Gasteiger partial charge < -0.3 is 0 Å². The van der Waals surface area contributed by atoms with Gasteiger partial charge in [0.2, 0.25) is 11.8 Å². The second-order valence-electron chi connectivity index (χ2n) is 3.94. The summed E-state index contributed by atoms with van der Waals surface area (Å²) in [5, 5.41) is 2.26. The molecule has 0 spiro atoms. The van der Waals surface area contributed by atoms with E-state index in [9.17, 15) is 14.4 Å². The van der Waals surface area contributed by atoms with Gasteiger partial charge >= 0.3 is 0 Å². The van der Waals surface area contributed by atoms with Gasteiger partial charge in [-0.2, -0.15) is 0 Å². The molecule has 0 bridgehead atoms. The van der Waals surface area contributed by atoms with E-state index in [-0.39, 0.29) is 24.3 Å². The van der Waals surface area contributed by atoms with Crippen molar-refractivity contribution >= 4 is 17.7 Å². The summed E-state index contributed by atoms with van der Waals surface area (Å²) in [6.07, 6.45) is 1.02. The Morgan fingerprint density at radius 3 is 2.71 bits per heavy atom. The minimum Gasteiger partial charge on any atom is -0.294 e. The van der Waals surface area contributed by atoms with E-state index in [0.29, 0.717) is 12.8 Å². The summed E-state index contributed by atoms with van der Waals surface area (Å²) in [5.74, 6) is 3.98. The predicted molar refractivity (Wildman–Crippen MR) is 60.3 cm³/mol. The summed E-state index contributed by atoms with van der Waals surface area (Å²) < 4.78 is 0. The quantitative estimate of drug-likeness (QED) is 0.241. The van der Waals surface area contributed by atoms with Crippen molar-refractivity contribution in [3.63, 3.8) is 0 Å². The Balaban J connectivity index is 2.93. The van der Waals surface area contributed by atoms with Crippen molar-refractivity contribution in [3.05, 3.63) is 0 Å². The molecule has 0 aromatic heterocycles. The van der Waals surface area contributed by atoms with Crippen LogP contribution in [0.3, 0.4) is 0 Å². The molecule has 4 N–H and O–H groups in total. The lowest BCUT2D eigenvalue weighted by Crippen LogP contribution is -2.63. The molecule has 1 rings (SSSR count). The number of imide groups is 1. The van der Waals surface area contributed by atoms with Crippen molar-refractivity contribution in [1.82, 2.24) is 15.6 Å². The highest BCUT2D eigenvalue weighted by Gasteiger charge is 2.38. The molecule has 1 aliphatic rings.